The normalized spacial score (nSPS) is 12.0. The molecule has 0 fully saturated rings. The Morgan fingerprint density at radius 1 is 1.17 bits per heavy atom. The van der Waals surface area contributed by atoms with E-state index >= 15 is 0 Å². The molecule has 0 amide bonds. The molecule has 0 aliphatic rings. The van der Waals surface area contributed by atoms with Gasteiger partial charge in [0.05, 0.1) is 12.0 Å². The van der Waals surface area contributed by atoms with Crippen LogP contribution in [0, 0.1) is 5.41 Å². The number of hydrogen-bond acceptors (Lipinski definition) is 3. The maximum atomic E-state index is 13.0. The van der Waals surface area contributed by atoms with Crippen molar-refractivity contribution in [1.29, 1.82) is 0 Å². The summed E-state index contributed by atoms with van der Waals surface area (Å²) < 4.78 is 3.43. The molecular formula is C18H21ClN4O. The molecule has 6 heteroatoms. The molecule has 0 aliphatic carbocycles. The molecule has 24 heavy (non-hydrogen) atoms. The number of nitrogens with zero attached hydrogens (tertiary/aromatic N) is 4. The lowest BCUT2D eigenvalue weighted by Gasteiger charge is -2.19. The molecule has 2 heterocycles. The molecule has 0 saturated heterocycles. The highest BCUT2D eigenvalue weighted by Gasteiger charge is 2.18. The van der Waals surface area contributed by atoms with Gasteiger partial charge >= 0.3 is 0 Å². The minimum absolute atomic E-state index is 0.146. The fraction of sp³-hybridized carbons (Fsp3) is 0.389. The van der Waals surface area contributed by atoms with Crippen LogP contribution in [-0.4, -0.2) is 19.1 Å². The summed E-state index contributed by atoms with van der Waals surface area (Å²) >= 11 is 5.98. The second-order valence-electron chi connectivity index (χ2n) is 7.23. The summed E-state index contributed by atoms with van der Waals surface area (Å²) in [6, 6.07) is 7.22. The average Bonchev–Trinajstić information content (AvgIpc) is 2.88. The fourth-order valence-corrected chi connectivity index (χ4v) is 2.74. The van der Waals surface area contributed by atoms with Gasteiger partial charge in [-0.3, -0.25) is 9.36 Å². The maximum Gasteiger partial charge on any atom is 0.286 e. The predicted octanol–water partition coefficient (Wildman–Crippen LogP) is 3.75. The molecule has 0 radical (unpaired) electrons. The molecule has 0 aliphatic heterocycles. The van der Waals surface area contributed by atoms with E-state index in [0.29, 0.717) is 22.6 Å². The van der Waals surface area contributed by atoms with E-state index in [4.69, 9.17) is 16.6 Å². The quantitative estimate of drug-likeness (QED) is 0.727. The van der Waals surface area contributed by atoms with Crippen LogP contribution in [-0.2, 0) is 13.5 Å². The predicted molar refractivity (Wildman–Crippen MR) is 96.9 cm³/mol. The van der Waals surface area contributed by atoms with Gasteiger partial charge in [-0.2, -0.15) is 0 Å². The summed E-state index contributed by atoms with van der Waals surface area (Å²) in [6.45, 7) is 6.54. The Labute approximate surface area is 145 Å². The van der Waals surface area contributed by atoms with Gasteiger partial charge in [0.1, 0.15) is 5.82 Å². The molecule has 0 saturated carbocycles. The van der Waals surface area contributed by atoms with Crippen molar-refractivity contribution < 1.29 is 0 Å². The van der Waals surface area contributed by atoms with Crippen molar-refractivity contribution in [2.24, 2.45) is 12.5 Å². The van der Waals surface area contributed by atoms with Crippen LogP contribution in [0.5, 0.6) is 0 Å². The average molecular weight is 345 g/mol. The summed E-state index contributed by atoms with van der Waals surface area (Å²) in [6.07, 6.45) is 3.26. The van der Waals surface area contributed by atoms with Crippen molar-refractivity contribution in [3.63, 3.8) is 0 Å². The van der Waals surface area contributed by atoms with E-state index in [2.05, 4.69) is 25.8 Å². The van der Waals surface area contributed by atoms with Gasteiger partial charge in [0.25, 0.3) is 5.56 Å². The lowest BCUT2D eigenvalue weighted by molar-refractivity contribution is 0.373. The molecule has 0 spiro atoms. The van der Waals surface area contributed by atoms with Crippen LogP contribution < -0.4 is 5.56 Å². The highest BCUT2D eigenvalue weighted by atomic mass is 35.5. The van der Waals surface area contributed by atoms with Crippen LogP contribution >= 0.6 is 11.6 Å². The molecule has 1 aromatic carbocycles. The van der Waals surface area contributed by atoms with E-state index < -0.39 is 0 Å². The monoisotopic (exact) mass is 344 g/mol. The Morgan fingerprint density at radius 3 is 2.46 bits per heavy atom. The first kappa shape index (κ1) is 16.7. The van der Waals surface area contributed by atoms with Crippen molar-refractivity contribution in [1.82, 2.24) is 19.1 Å². The first-order valence-corrected chi connectivity index (χ1v) is 8.33. The number of benzene rings is 1. The molecule has 126 valence electrons. The Bertz CT molecular complexity index is 933. The number of rotatable bonds is 3. The van der Waals surface area contributed by atoms with Crippen LogP contribution in [0.2, 0.25) is 5.02 Å². The van der Waals surface area contributed by atoms with Crippen molar-refractivity contribution in [2.75, 3.05) is 0 Å². The summed E-state index contributed by atoms with van der Waals surface area (Å²) in [5.74, 6) is 0.744. The molecule has 0 N–H and O–H groups in total. The van der Waals surface area contributed by atoms with Gasteiger partial charge in [0.15, 0.2) is 11.2 Å². The number of aromatic nitrogens is 4. The number of fused-ring (bicyclic) bond motifs is 1. The van der Waals surface area contributed by atoms with Gasteiger partial charge in [-0.05, 0) is 36.1 Å². The van der Waals surface area contributed by atoms with Crippen molar-refractivity contribution in [3.05, 3.63) is 51.8 Å². The van der Waals surface area contributed by atoms with Crippen LogP contribution in [0.1, 0.15) is 33.0 Å². The first-order valence-electron chi connectivity index (χ1n) is 7.95. The highest BCUT2D eigenvalue weighted by Crippen LogP contribution is 2.22. The van der Waals surface area contributed by atoms with Gasteiger partial charge in [-0.15, -0.1) is 0 Å². The van der Waals surface area contributed by atoms with Gasteiger partial charge in [-0.1, -0.05) is 32.4 Å². The van der Waals surface area contributed by atoms with Gasteiger partial charge in [0.2, 0.25) is 0 Å². The summed E-state index contributed by atoms with van der Waals surface area (Å²) in [4.78, 5) is 21.9. The first-order chi connectivity index (χ1) is 11.3. The SMILES string of the molecule is Cn1cnc2c(=O)n(-c3ccc(Cl)cc3)c(CCC(C)(C)C)nc21. The van der Waals surface area contributed by atoms with E-state index in [9.17, 15) is 4.79 Å². The van der Waals surface area contributed by atoms with E-state index in [1.807, 2.05) is 19.2 Å². The molecule has 2 aromatic heterocycles. The standard InChI is InChI=1S/C18H21ClN4O/c1-18(2,3)10-9-14-21-16-15(20-11-22(16)4)17(24)23(14)13-7-5-12(19)6-8-13/h5-8,11H,9-10H2,1-4H3. The van der Waals surface area contributed by atoms with Gasteiger partial charge in [-0.25, -0.2) is 9.97 Å². The van der Waals surface area contributed by atoms with Crippen LogP contribution in [0.25, 0.3) is 16.9 Å². The van der Waals surface area contributed by atoms with Crippen LogP contribution in [0.15, 0.2) is 35.4 Å². The van der Waals surface area contributed by atoms with Crippen molar-refractivity contribution >= 4 is 22.8 Å². The minimum atomic E-state index is -0.146. The third-order valence-electron chi connectivity index (χ3n) is 3.99. The molecule has 0 unspecified atom stereocenters. The van der Waals surface area contributed by atoms with Crippen molar-refractivity contribution in [3.8, 4) is 5.69 Å². The summed E-state index contributed by atoms with van der Waals surface area (Å²) in [7, 11) is 1.85. The zero-order valence-electron chi connectivity index (χ0n) is 14.4. The maximum absolute atomic E-state index is 13.0. The third kappa shape index (κ3) is 3.22. The van der Waals surface area contributed by atoms with Gasteiger partial charge < -0.3 is 4.57 Å². The zero-order valence-corrected chi connectivity index (χ0v) is 15.1. The zero-order chi connectivity index (χ0) is 17.5. The Balaban J connectivity index is 2.22. The molecule has 5 nitrogen and oxygen atoms in total. The van der Waals surface area contributed by atoms with Gasteiger partial charge in [0, 0.05) is 18.5 Å². The smallest absolute Gasteiger partial charge is 0.286 e. The summed E-state index contributed by atoms with van der Waals surface area (Å²) in [5.41, 5.74) is 1.77. The second-order valence-corrected chi connectivity index (χ2v) is 7.67. The summed E-state index contributed by atoms with van der Waals surface area (Å²) in [5, 5.41) is 0.634. The molecule has 3 aromatic rings. The molecule has 3 rings (SSSR count). The lowest BCUT2D eigenvalue weighted by Crippen LogP contribution is -2.25. The lowest BCUT2D eigenvalue weighted by atomic mass is 9.90. The Hall–Kier alpha value is -2.14. The van der Waals surface area contributed by atoms with E-state index in [1.54, 1.807) is 27.6 Å². The van der Waals surface area contributed by atoms with Crippen molar-refractivity contribution in [2.45, 2.75) is 33.6 Å². The highest BCUT2D eigenvalue weighted by molar-refractivity contribution is 6.30. The number of imidazole rings is 1. The number of halogens is 1. The molecule has 0 bridgehead atoms. The second kappa shape index (κ2) is 6.06. The number of hydrogen-bond donors (Lipinski definition) is 0. The fourth-order valence-electron chi connectivity index (χ4n) is 2.61. The topological polar surface area (TPSA) is 52.7 Å². The van der Waals surface area contributed by atoms with Crippen LogP contribution in [0.4, 0.5) is 0 Å². The Kier molecular flexibility index (Phi) is 4.22. The largest absolute Gasteiger partial charge is 0.318 e. The number of aryl methyl sites for hydroxylation is 2. The van der Waals surface area contributed by atoms with E-state index in [1.165, 1.54) is 0 Å². The van der Waals surface area contributed by atoms with E-state index in [0.717, 1.165) is 17.9 Å². The minimum Gasteiger partial charge on any atom is -0.318 e. The van der Waals surface area contributed by atoms with E-state index in [-0.39, 0.29) is 11.0 Å². The molecular weight excluding hydrogens is 324 g/mol. The molecule has 0 atom stereocenters. The third-order valence-corrected chi connectivity index (χ3v) is 4.24. The van der Waals surface area contributed by atoms with Crippen LogP contribution in [0.3, 0.4) is 0 Å². The Morgan fingerprint density at radius 2 is 1.83 bits per heavy atom.